The molecule has 1 heterocycles. The van der Waals surface area contributed by atoms with Crippen LogP contribution >= 0.6 is 0 Å². The van der Waals surface area contributed by atoms with Gasteiger partial charge in [0.25, 0.3) is 0 Å². The maximum Gasteiger partial charge on any atom is 0.416 e. The Morgan fingerprint density at radius 2 is 1.81 bits per heavy atom. The van der Waals surface area contributed by atoms with Gasteiger partial charge in [-0.3, -0.25) is 4.79 Å². The van der Waals surface area contributed by atoms with E-state index in [9.17, 15) is 22.4 Å². The summed E-state index contributed by atoms with van der Waals surface area (Å²) in [4.78, 5) is 16.0. The number of nitrogens with zero attached hydrogens (tertiary/aromatic N) is 1. The molecule has 3 nitrogen and oxygen atoms in total. The molecule has 200 valence electrons. The van der Waals surface area contributed by atoms with Crippen LogP contribution in [0.4, 0.5) is 17.6 Å². The van der Waals surface area contributed by atoms with Crippen LogP contribution in [0.2, 0.25) is 0 Å². The minimum absolute atomic E-state index is 0.0913. The van der Waals surface area contributed by atoms with E-state index in [1.165, 1.54) is 17.5 Å². The van der Waals surface area contributed by atoms with Crippen LogP contribution in [0.15, 0.2) is 42.5 Å². The third-order valence-electron chi connectivity index (χ3n) is 9.55. The van der Waals surface area contributed by atoms with E-state index in [0.717, 1.165) is 63.7 Å². The summed E-state index contributed by atoms with van der Waals surface area (Å²) in [5.41, 5.74) is 1.82. The number of likely N-dealkylation sites (tertiary alicyclic amines) is 1. The minimum atomic E-state index is -4.63. The summed E-state index contributed by atoms with van der Waals surface area (Å²) in [6, 6.07) is 11.6. The average Bonchev–Trinajstić information content (AvgIpc) is 3.47. The van der Waals surface area contributed by atoms with Crippen LogP contribution in [0.1, 0.15) is 74.6 Å². The first-order valence-corrected chi connectivity index (χ1v) is 13.5. The van der Waals surface area contributed by atoms with Crippen LogP contribution in [-0.2, 0) is 29.4 Å². The molecule has 0 radical (unpaired) electrons. The highest BCUT2D eigenvalue weighted by molar-refractivity contribution is 5.83. The predicted molar refractivity (Wildman–Crippen MR) is 135 cm³/mol. The van der Waals surface area contributed by atoms with Gasteiger partial charge in [0, 0.05) is 12.6 Å². The molecule has 37 heavy (non-hydrogen) atoms. The number of fused-ring (bicyclic) bond motifs is 2. The van der Waals surface area contributed by atoms with Gasteiger partial charge in [0.1, 0.15) is 5.82 Å². The maximum atomic E-state index is 13.8. The topological polar surface area (TPSA) is 32.3 Å². The Hall–Kier alpha value is -2.41. The highest BCUT2D eigenvalue weighted by Crippen LogP contribution is 2.50. The fourth-order valence-electron chi connectivity index (χ4n) is 7.23. The van der Waals surface area contributed by atoms with E-state index in [1.54, 1.807) is 0 Å². The molecular formula is C30H36F4N2O. The molecule has 2 unspecified atom stereocenters. The Labute approximate surface area is 216 Å². The molecule has 1 saturated carbocycles. The third-order valence-corrected chi connectivity index (χ3v) is 9.55. The molecule has 2 aromatic carbocycles. The van der Waals surface area contributed by atoms with Gasteiger partial charge in [0.2, 0.25) is 5.91 Å². The molecule has 2 aromatic rings. The average molecular weight is 517 g/mol. The lowest BCUT2D eigenvalue weighted by atomic mass is 9.73. The van der Waals surface area contributed by atoms with Gasteiger partial charge in [-0.05, 0) is 104 Å². The minimum Gasteiger partial charge on any atom is -0.352 e. The second-order valence-electron chi connectivity index (χ2n) is 11.7. The molecule has 3 aliphatic rings. The van der Waals surface area contributed by atoms with Crippen molar-refractivity contribution in [3.05, 3.63) is 70.5 Å². The molecule has 1 N–H and O–H groups in total. The molecule has 2 fully saturated rings. The van der Waals surface area contributed by atoms with Crippen LogP contribution in [0, 0.1) is 17.2 Å². The zero-order chi connectivity index (χ0) is 26.4. The quantitative estimate of drug-likeness (QED) is 0.452. The number of halogens is 4. The monoisotopic (exact) mass is 516 g/mol. The Bertz CT molecular complexity index is 1150. The lowest BCUT2D eigenvalue weighted by molar-refractivity contribution is -0.137. The lowest BCUT2D eigenvalue weighted by Gasteiger charge is -2.43. The molecule has 0 aromatic heterocycles. The fourth-order valence-corrected chi connectivity index (χ4v) is 7.23. The van der Waals surface area contributed by atoms with E-state index < -0.39 is 23.0 Å². The molecule has 1 aliphatic heterocycles. The maximum absolute atomic E-state index is 13.8. The second-order valence-corrected chi connectivity index (χ2v) is 11.7. The Kier molecular flexibility index (Phi) is 6.88. The van der Waals surface area contributed by atoms with Gasteiger partial charge < -0.3 is 10.2 Å². The van der Waals surface area contributed by atoms with Gasteiger partial charge >= 0.3 is 6.18 Å². The Morgan fingerprint density at radius 3 is 2.51 bits per heavy atom. The van der Waals surface area contributed by atoms with E-state index in [1.807, 2.05) is 13.8 Å². The van der Waals surface area contributed by atoms with E-state index in [0.29, 0.717) is 17.5 Å². The second kappa shape index (κ2) is 9.72. The van der Waals surface area contributed by atoms with E-state index in [2.05, 4.69) is 34.5 Å². The normalized spacial score (nSPS) is 25.5. The third kappa shape index (κ3) is 4.91. The van der Waals surface area contributed by atoms with Crippen molar-refractivity contribution in [2.24, 2.45) is 11.3 Å². The molecule has 0 bridgehead atoms. The van der Waals surface area contributed by atoms with Gasteiger partial charge in [-0.15, -0.1) is 0 Å². The number of amides is 1. The lowest BCUT2D eigenvalue weighted by Crippen LogP contribution is -2.47. The van der Waals surface area contributed by atoms with Gasteiger partial charge in [-0.25, -0.2) is 4.39 Å². The highest BCUT2D eigenvalue weighted by Gasteiger charge is 2.50. The first-order chi connectivity index (χ1) is 17.5. The molecule has 2 atom stereocenters. The van der Waals surface area contributed by atoms with Gasteiger partial charge in [-0.1, -0.05) is 38.1 Å². The summed E-state index contributed by atoms with van der Waals surface area (Å²) in [5.74, 6) is -0.999. The number of alkyl halides is 3. The summed E-state index contributed by atoms with van der Waals surface area (Å²) in [6.07, 6.45) is 2.47. The molecule has 1 saturated heterocycles. The Morgan fingerprint density at radius 1 is 1.08 bits per heavy atom. The standard InChI is InChI=1S/C30H36F4N2O/c1-20(2)29(27(37)35-19-21-15-23(30(32,33)34)17-24(31)16-21)10-8-25(18-29)36-13-11-28(12-14-36)9-7-22-5-3-4-6-26(22)28/h3-6,15-17,20,25H,7-14,18-19H2,1-2H3,(H,35,37). The number of piperidine rings is 1. The number of rotatable bonds is 5. The van der Waals surface area contributed by atoms with Gasteiger partial charge in [0.15, 0.2) is 0 Å². The fraction of sp³-hybridized carbons (Fsp3) is 0.567. The van der Waals surface area contributed by atoms with E-state index in [-0.39, 0.29) is 23.9 Å². The summed E-state index contributed by atoms with van der Waals surface area (Å²) in [7, 11) is 0. The molecule has 1 amide bonds. The molecule has 5 rings (SSSR count). The van der Waals surface area contributed by atoms with Gasteiger partial charge in [-0.2, -0.15) is 13.2 Å². The van der Waals surface area contributed by atoms with Crippen molar-refractivity contribution in [2.75, 3.05) is 13.1 Å². The van der Waals surface area contributed by atoms with Crippen molar-refractivity contribution in [3.8, 4) is 0 Å². The zero-order valence-electron chi connectivity index (χ0n) is 21.6. The molecular weight excluding hydrogens is 480 g/mol. The summed E-state index contributed by atoms with van der Waals surface area (Å²) >= 11 is 0. The molecule has 2 aliphatic carbocycles. The zero-order valence-corrected chi connectivity index (χ0v) is 21.6. The summed E-state index contributed by atoms with van der Waals surface area (Å²) < 4.78 is 53.1. The number of hydrogen-bond acceptors (Lipinski definition) is 2. The first-order valence-electron chi connectivity index (χ1n) is 13.5. The van der Waals surface area contributed by atoms with Crippen LogP contribution in [-0.4, -0.2) is 29.9 Å². The number of carbonyl (C=O) groups excluding carboxylic acids is 1. The molecule has 7 heteroatoms. The van der Waals surface area contributed by atoms with Crippen LogP contribution < -0.4 is 5.32 Å². The van der Waals surface area contributed by atoms with Crippen LogP contribution in [0.5, 0.6) is 0 Å². The number of benzene rings is 2. The first kappa shape index (κ1) is 26.2. The summed E-state index contributed by atoms with van der Waals surface area (Å²) in [6.45, 7) is 6.03. The van der Waals surface area contributed by atoms with Gasteiger partial charge in [0.05, 0.1) is 11.0 Å². The summed E-state index contributed by atoms with van der Waals surface area (Å²) in [5, 5.41) is 2.85. The predicted octanol–water partition coefficient (Wildman–Crippen LogP) is 6.64. The molecule has 1 spiro atoms. The number of hydrogen-bond donors (Lipinski definition) is 1. The SMILES string of the molecule is CC(C)C1(C(=O)NCc2cc(F)cc(C(F)(F)F)c2)CCC(N2CCC3(CCc4ccccc43)CC2)C1. The van der Waals surface area contributed by atoms with Crippen molar-refractivity contribution in [1.29, 1.82) is 0 Å². The van der Waals surface area contributed by atoms with E-state index >= 15 is 0 Å². The van der Waals surface area contributed by atoms with E-state index in [4.69, 9.17) is 0 Å². The van der Waals surface area contributed by atoms with Crippen molar-refractivity contribution in [2.45, 2.75) is 83.0 Å². The number of carbonyl (C=O) groups is 1. The highest BCUT2D eigenvalue weighted by atomic mass is 19.4. The smallest absolute Gasteiger partial charge is 0.352 e. The van der Waals surface area contributed by atoms with Crippen LogP contribution in [0.25, 0.3) is 0 Å². The number of aryl methyl sites for hydroxylation is 1. The van der Waals surface area contributed by atoms with Crippen molar-refractivity contribution in [3.63, 3.8) is 0 Å². The van der Waals surface area contributed by atoms with Crippen molar-refractivity contribution in [1.82, 2.24) is 10.2 Å². The number of nitrogens with one attached hydrogen (secondary N) is 1. The largest absolute Gasteiger partial charge is 0.416 e. The van der Waals surface area contributed by atoms with Crippen LogP contribution in [0.3, 0.4) is 0 Å². The van der Waals surface area contributed by atoms with Crippen molar-refractivity contribution < 1.29 is 22.4 Å². The van der Waals surface area contributed by atoms with Crippen molar-refractivity contribution >= 4 is 5.91 Å². The Balaban J connectivity index is 1.23.